The van der Waals surface area contributed by atoms with Crippen molar-refractivity contribution in [1.29, 1.82) is 0 Å². The molecule has 15 heavy (non-hydrogen) atoms. The van der Waals surface area contributed by atoms with Gasteiger partial charge in [0.25, 0.3) is 0 Å². The van der Waals surface area contributed by atoms with Crippen molar-refractivity contribution < 1.29 is 9.53 Å². The van der Waals surface area contributed by atoms with Crippen LogP contribution in [0.5, 0.6) is 0 Å². The summed E-state index contributed by atoms with van der Waals surface area (Å²) in [7, 11) is 0. The van der Waals surface area contributed by atoms with Crippen molar-refractivity contribution in [2.75, 3.05) is 19.7 Å². The summed E-state index contributed by atoms with van der Waals surface area (Å²) in [6.07, 6.45) is 0.437. The summed E-state index contributed by atoms with van der Waals surface area (Å²) < 4.78 is 5.61. The number of carbonyl (C=O) groups excluding carboxylic acids is 1. The highest BCUT2D eigenvalue weighted by Crippen LogP contribution is 2.19. The Labute approximate surface area is 90.9 Å². The summed E-state index contributed by atoms with van der Waals surface area (Å²) in [5, 5.41) is 0. The number of rotatable bonds is 3. The lowest BCUT2D eigenvalue weighted by Gasteiger charge is -2.41. The fourth-order valence-corrected chi connectivity index (χ4v) is 1.89. The Morgan fingerprint density at radius 3 is 2.87 bits per heavy atom. The zero-order chi connectivity index (χ0) is 11.5. The van der Waals surface area contributed by atoms with E-state index in [9.17, 15) is 4.79 Å². The molecule has 0 aromatic heterocycles. The first-order valence-electron chi connectivity index (χ1n) is 5.32. The van der Waals surface area contributed by atoms with Crippen LogP contribution in [0.4, 0.5) is 0 Å². The van der Waals surface area contributed by atoms with Crippen molar-refractivity contribution in [2.24, 2.45) is 5.84 Å². The van der Waals surface area contributed by atoms with E-state index in [2.05, 4.69) is 24.2 Å². The molecule has 1 amide bonds. The Morgan fingerprint density at radius 2 is 2.33 bits per heavy atom. The maximum Gasteiger partial charge on any atom is 0.235 e. The Kier molecular flexibility index (Phi) is 4.07. The maximum absolute atomic E-state index is 11.1. The van der Waals surface area contributed by atoms with Crippen LogP contribution in [-0.4, -0.2) is 42.1 Å². The van der Waals surface area contributed by atoms with Crippen LogP contribution in [0.2, 0.25) is 0 Å². The van der Waals surface area contributed by atoms with E-state index < -0.39 is 0 Å². The van der Waals surface area contributed by atoms with Gasteiger partial charge in [-0.3, -0.25) is 15.1 Å². The van der Waals surface area contributed by atoms with Gasteiger partial charge in [0, 0.05) is 25.6 Å². The third kappa shape index (κ3) is 3.77. The van der Waals surface area contributed by atoms with Crippen molar-refractivity contribution in [3.63, 3.8) is 0 Å². The summed E-state index contributed by atoms with van der Waals surface area (Å²) in [5.74, 6) is 4.94. The van der Waals surface area contributed by atoms with Crippen LogP contribution in [0.25, 0.3) is 0 Å². The number of morpholine rings is 1. The third-order valence-corrected chi connectivity index (χ3v) is 2.72. The lowest BCUT2D eigenvalue weighted by molar-refractivity contribution is -0.125. The molecule has 1 saturated heterocycles. The Morgan fingerprint density at radius 1 is 1.67 bits per heavy atom. The topological polar surface area (TPSA) is 67.6 Å². The van der Waals surface area contributed by atoms with Crippen molar-refractivity contribution in [3.05, 3.63) is 0 Å². The number of carbonyl (C=O) groups is 1. The zero-order valence-electron chi connectivity index (χ0n) is 9.75. The molecule has 0 aliphatic carbocycles. The van der Waals surface area contributed by atoms with Gasteiger partial charge in [-0.15, -0.1) is 0 Å². The van der Waals surface area contributed by atoms with Gasteiger partial charge in [-0.1, -0.05) is 0 Å². The smallest absolute Gasteiger partial charge is 0.235 e. The largest absolute Gasteiger partial charge is 0.373 e. The molecule has 0 bridgehead atoms. The molecule has 1 heterocycles. The predicted molar refractivity (Wildman–Crippen MR) is 58.0 cm³/mol. The average Bonchev–Trinajstić information content (AvgIpc) is 2.16. The van der Waals surface area contributed by atoms with Gasteiger partial charge < -0.3 is 4.74 Å². The molecule has 5 nitrogen and oxygen atoms in total. The van der Waals surface area contributed by atoms with Crippen LogP contribution in [0.15, 0.2) is 0 Å². The fourth-order valence-electron chi connectivity index (χ4n) is 1.89. The monoisotopic (exact) mass is 215 g/mol. The van der Waals surface area contributed by atoms with E-state index in [0.717, 1.165) is 19.7 Å². The third-order valence-electron chi connectivity index (χ3n) is 2.72. The van der Waals surface area contributed by atoms with E-state index in [1.165, 1.54) is 0 Å². The highest BCUT2D eigenvalue weighted by Gasteiger charge is 2.30. The SMILES string of the molecule is CC(CC(=O)NN)N1CCOC(C)(C)C1. The van der Waals surface area contributed by atoms with Crippen molar-refractivity contribution in [3.8, 4) is 0 Å². The standard InChI is InChI=1S/C10H21N3O2/c1-8(6-9(14)12-11)13-4-5-15-10(2,3)7-13/h8H,4-7,11H2,1-3H3,(H,12,14). The van der Waals surface area contributed by atoms with E-state index in [-0.39, 0.29) is 17.6 Å². The second-order valence-electron chi connectivity index (χ2n) is 4.70. The van der Waals surface area contributed by atoms with Gasteiger partial charge in [0.1, 0.15) is 0 Å². The summed E-state index contributed by atoms with van der Waals surface area (Å²) in [5.41, 5.74) is 2.04. The number of amides is 1. The van der Waals surface area contributed by atoms with Crippen LogP contribution in [0, 0.1) is 0 Å². The van der Waals surface area contributed by atoms with Crippen molar-refractivity contribution >= 4 is 5.91 Å². The molecule has 5 heteroatoms. The number of ether oxygens (including phenoxy) is 1. The van der Waals surface area contributed by atoms with E-state index in [0.29, 0.717) is 6.42 Å². The number of hydrogen-bond donors (Lipinski definition) is 2. The Bertz CT molecular complexity index is 231. The summed E-state index contributed by atoms with van der Waals surface area (Å²) in [4.78, 5) is 13.4. The van der Waals surface area contributed by atoms with Gasteiger partial charge in [-0.05, 0) is 20.8 Å². The first-order chi connectivity index (χ1) is 6.94. The molecule has 0 aromatic rings. The van der Waals surface area contributed by atoms with Gasteiger partial charge in [0.05, 0.1) is 12.2 Å². The Hall–Kier alpha value is -0.650. The quantitative estimate of drug-likeness (QED) is 0.391. The Balaban J connectivity index is 2.45. The second-order valence-corrected chi connectivity index (χ2v) is 4.70. The normalized spacial score (nSPS) is 23.5. The van der Waals surface area contributed by atoms with E-state index in [4.69, 9.17) is 10.6 Å². The summed E-state index contributed by atoms with van der Waals surface area (Å²) in [6, 6.07) is 0.205. The number of nitrogens with zero attached hydrogens (tertiary/aromatic N) is 1. The molecule has 0 saturated carbocycles. The summed E-state index contributed by atoms with van der Waals surface area (Å²) >= 11 is 0. The van der Waals surface area contributed by atoms with Crippen molar-refractivity contribution in [2.45, 2.75) is 38.8 Å². The average molecular weight is 215 g/mol. The van der Waals surface area contributed by atoms with Gasteiger partial charge in [0.15, 0.2) is 0 Å². The lowest BCUT2D eigenvalue weighted by atomic mass is 10.0. The number of hydrogen-bond acceptors (Lipinski definition) is 4. The molecule has 1 aliphatic heterocycles. The van der Waals surface area contributed by atoms with E-state index in [1.54, 1.807) is 0 Å². The summed E-state index contributed by atoms with van der Waals surface area (Å²) in [6.45, 7) is 8.62. The molecule has 88 valence electrons. The van der Waals surface area contributed by atoms with Crippen LogP contribution in [-0.2, 0) is 9.53 Å². The minimum absolute atomic E-state index is 0.119. The maximum atomic E-state index is 11.1. The minimum atomic E-state index is -0.119. The molecule has 1 atom stereocenters. The first kappa shape index (κ1) is 12.4. The highest BCUT2D eigenvalue weighted by molar-refractivity contribution is 5.75. The van der Waals surface area contributed by atoms with Crippen LogP contribution < -0.4 is 11.3 Å². The first-order valence-corrected chi connectivity index (χ1v) is 5.32. The fraction of sp³-hybridized carbons (Fsp3) is 0.900. The van der Waals surface area contributed by atoms with Crippen LogP contribution in [0.1, 0.15) is 27.2 Å². The number of hydrazine groups is 1. The molecule has 1 fully saturated rings. The molecule has 0 spiro atoms. The van der Waals surface area contributed by atoms with Crippen LogP contribution in [0.3, 0.4) is 0 Å². The van der Waals surface area contributed by atoms with E-state index >= 15 is 0 Å². The van der Waals surface area contributed by atoms with Crippen molar-refractivity contribution in [1.82, 2.24) is 10.3 Å². The molecule has 0 radical (unpaired) electrons. The molecule has 1 rings (SSSR count). The van der Waals surface area contributed by atoms with Gasteiger partial charge in [-0.2, -0.15) is 0 Å². The number of nitrogens with one attached hydrogen (secondary N) is 1. The number of nitrogens with two attached hydrogens (primary N) is 1. The molecule has 3 N–H and O–H groups in total. The molecule has 0 aromatic carbocycles. The molecule has 1 aliphatic rings. The molecule has 1 unspecified atom stereocenters. The lowest BCUT2D eigenvalue weighted by Crippen LogP contribution is -2.52. The molecular weight excluding hydrogens is 194 g/mol. The predicted octanol–water partition coefficient (Wildman–Crippen LogP) is -0.134. The molecular formula is C10H21N3O2. The highest BCUT2D eigenvalue weighted by atomic mass is 16.5. The van der Waals surface area contributed by atoms with E-state index in [1.807, 2.05) is 6.92 Å². The van der Waals surface area contributed by atoms with Gasteiger partial charge >= 0.3 is 0 Å². The van der Waals surface area contributed by atoms with Crippen LogP contribution >= 0.6 is 0 Å². The minimum Gasteiger partial charge on any atom is -0.373 e. The van der Waals surface area contributed by atoms with Gasteiger partial charge in [-0.25, -0.2) is 5.84 Å². The zero-order valence-corrected chi connectivity index (χ0v) is 9.75. The second kappa shape index (κ2) is 4.92. The van der Waals surface area contributed by atoms with Gasteiger partial charge in [0.2, 0.25) is 5.91 Å².